The first kappa shape index (κ1) is 18.9. The molecule has 0 aliphatic heterocycles. The van der Waals surface area contributed by atoms with Gasteiger partial charge in [-0.1, -0.05) is 23.3 Å². The van der Waals surface area contributed by atoms with Crippen molar-refractivity contribution >= 4 is 22.6 Å². The lowest BCUT2D eigenvalue weighted by atomic mass is 10.0. The van der Waals surface area contributed by atoms with Crippen LogP contribution in [0.1, 0.15) is 19.4 Å². The van der Waals surface area contributed by atoms with Gasteiger partial charge in [-0.2, -0.15) is 0 Å². The van der Waals surface area contributed by atoms with E-state index in [2.05, 4.69) is 0 Å². The topological polar surface area (TPSA) is 79.9 Å². The summed E-state index contributed by atoms with van der Waals surface area (Å²) in [7, 11) is 1.49. The number of aromatic hydroxyl groups is 2. The molecule has 0 aliphatic rings. The molecule has 0 spiro atoms. The number of phenolic OH excluding ortho intramolecular Hbond substituents is 2. The Balaban J connectivity index is 2.20. The van der Waals surface area contributed by atoms with E-state index < -0.39 is 5.43 Å². The Labute approximate surface area is 161 Å². The minimum absolute atomic E-state index is 0.0367. The molecule has 0 amide bonds. The Morgan fingerprint density at radius 1 is 1.22 bits per heavy atom. The Morgan fingerprint density at radius 2 is 1.96 bits per heavy atom. The van der Waals surface area contributed by atoms with Crippen LogP contribution in [0.3, 0.4) is 0 Å². The molecule has 0 bridgehead atoms. The van der Waals surface area contributed by atoms with Crippen molar-refractivity contribution in [2.45, 2.75) is 20.3 Å². The van der Waals surface area contributed by atoms with Crippen LogP contribution in [0.25, 0.3) is 22.3 Å². The van der Waals surface area contributed by atoms with Gasteiger partial charge in [-0.05, 0) is 38.5 Å². The average Bonchev–Trinajstić information content (AvgIpc) is 2.60. The van der Waals surface area contributed by atoms with E-state index in [1.807, 2.05) is 19.9 Å². The van der Waals surface area contributed by atoms with Crippen molar-refractivity contribution in [3.8, 4) is 28.6 Å². The molecule has 0 saturated heterocycles. The Morgan fingerprint density at radius 3 is 2.63 bits per heavy atom. The first-order valence-corrected chi connectivity index (χ1v) is 8.68. The van der Waals surface area contributed by atoms with Crippen LogP contribution < -0.4 is 10.2 Å². The molecule has 1 aromatic heterocycles. The average molecular weight is 387 g/mol. The number of phenols is 2. The highest BCUT2D eigenvalue weighted by Gasteiger charge is 2.17. The van der Waals surface area contributed by atoms with Crippen molar-refractivity contribution in [3.63, 3.8) is 0 Å². The number of allylic oxidation sites excluding steroid dienone is 2. The Kier molecular flexibility index (Phi) is 5.15. The molecule has 0 radical (unpaired) electrons. The SMILES string of the molecule is COc1cc(-c2cc(=O)c3c(O)c(CC=C(C)C)c(O)cc3o2)ccc1Cl. The van der Waals surface area contributed by atoms with Crippen LogP contribution in [0.2, 0.25) is 5.02 Å². The van der Waals surface area contributed by atoms with Gasteiger partial charge in [0.25, 0.3) is 0 Å². The van der Waals surface area contributed by atoms with Gasteiger partial charge in [0.2, 0.25) is 0 Å². The molecule has 2 aromatic carbocycles. The highest BCUT2D eigenvalue weighted by atomic mass is 35.5. The Bertz CT molecular complexity index is 1110. The summed E-state index contributed by atoms with van der Waals surface area (Å²) >= 11 is 6.03. The zero-order valence-corrected chi connectivity index (χ0v) is 15.9. The van der Waals surface area contributed by atoms with Crippen LogP contribution >= 0.6 is 11.6 Å². The van der Waals surface area contributed by atoms with Crippen molar-refractivity contribution in [3.05, 3.63) is 62.8 Å². The highest BCUT2D eigenvalue weighted by molar-refractivity contribution is 6.32. The number of halogens is 1. The van der Waals surface area contributed by atoms with E-state index in [4.69, 9.17) is 20.8 Å². The highest BCUT2D eigenvalue weighted by Crippen LogP contribution is 2.37. The molecule has 0 unspecified atom stereocenters. The van der Waals surface area contributed by atoms with E-state index in [1.54, 1.807) is 18.2 Å². The van der Waals surface area contributed by atoms with E-state index in [0.29, 0.717) is 22.8 Å². The fourth-order valence-corrected chi connectivity index (χ4v) is 2.99. The number of fused-ring (bicyclic) bond motifs is 1. The molecule has 0 aliphatic carbocycles. The van der Waals surface area contributed by atoms with Gasteiger partial charge in [0.1, 0.15) is 34.0 Å². The van der Waals surface area contributed by atoms with Crippen LogP contribution in [-0.4, -0.2) is 17.3 Å². The largest absolute Gasteiger partial charge is 0.507 e. The second kappa shape index (κ2) is 7.37. The van der Waals surface area contributed by atoms with Crippen LogP contribution in [0.4, 0.5) is 0 Å². The van der Waals surface area contributed by atoms with E-state index in [1.165, 1.54) is 19.2 Å². The monoisotopic (exact) mass is 386 g/mol. The summed E-state index contributed by atoms with van der Waals surface area (Å²) in [6.07, 6.45) is 2.17. The van der Waals surface area contributed by atoms with Crippen molar-refractivity contribution in [2.75, 3.05) is 7.11 Å². The van der Waals surface area contributed by atoms with Crippen LogP contribution in [0.15, 0.2) is 51.2 Å². The minimum atomic E-state index is -0.406. The lowest BCUT2D eigenvalue weighted by Crippen LogP contribution is -2.02. The standard InChI is InChI=1S/C21H19ClO5/c1-11(2)4-6-13-15(23)9-19-20(21(13)25)16(24)10-17(27-19)12-5-7-14(22)18(8-12)26-3/h4-5,7-10,23,25H,6H2,1-3H3. The molecular formula is C21H19ClO5. The summed E-state index contributed by atoms with van der Waals surface area (Å²) < 4.78 is 11.0. The van der Waals surface area contributed by atoms with Gasteiger partial charge in [-0.15, -0.1) is 0 Å². The van der Waals surface area contributed by atoms with Gasteiger partial charge in [-0.25, -0.2) is 0 Å². The summed E-state index contributed by atoms with van der Waals surface area (Å²) in [6.45, 7) is 3.83. The molecule has 3 rings (SSSR count). The fraction of sp³-hybridized carbons (Fsp3) is 0.190. The molecule has 0 saturated carbocycles. The summed E-state index contributed by atoms with van der Waals surface area (Å²) in [5.41, 5.74) is 1.60. The molecule has 1 heterocycles. The third-order valence-corrected chi connectivity index (χ3v) is 4.54. The molecule has 0 atom stereocenters. The van der Waals surface area contributed by atoms with Crippen LogP contribution in [0.5, 0.6) is 17.2 Å². The number of rotatable bonds is 4. The van der Waals surface area contributed by atoms with Crippen molar-refractivity contribution < 1.29 is 19.4 Å². The molecular weight excluding hydrogens is 368 g/mol. The summed E-state index contributed by atoms with van der Waals surface area (Å²) in [5.74, 6) is 0.320. The third kappa shape index (κ3) is 3.64. The van der Waals surface area contributed by atoms with Crippen molar-refractivity contribution in [1.29, 1.82) is 0 Å². The molecule has 27 heavy (non-hydrogen) atoms. The number of ether oxygens (including phenoxy) is 1. The number of methoxy groups -OCH3 is 1. The summed E-state index contributed by atoms with van der Waals surface area (Å²) in [5, 5.41) is 21.3. The normalized spacial score (nSPS) is 10.8. The van der Waals surface area contributed by atoms with Gasteiger partial charge in [0.15, 0.2) is 5.43 Å². The molecule has 6 heteroatoms. The van der Waals surface area contributed by atoms with Gasteiger partial charge >= 0.3 is 0 Å². The van der Waals surface area contributed by atoms with Crippen LogP contribution in [-0.2, 0) is 6.42 Å². The van der Waals surface area contributed by atoms with E-state index in [9.17, 15) is 15.0 Å². The maximum atomic E-state index is 12.6. The predicted octanol–water partition coefficient (Wildman–Crippen LogP) is 5.04. The van der Waals surface area contributed by atoms with Gasteiger partial charge in [0, 0.05) is 23.3 Å². The maximum absolute atomic E-state index is 12.6. The lowest BCUT2D eigenvalue weighted by molar-refractivity contribution is 0.415. The molecule has 0 fully saturated rings. The predicted molar refractivity (Wildman–Crippen MR) is 106 cm³/mol. The van der Waals surface area contributed by atoms with Crippen molar-refractivity contribution in [2.24, 2.45) is 0 Å². The second-order valence-electron chi connectivity index (χ2n) is 6.41. The molecule has 140 valence electrons. The summed E-state index contributed by atoms with van der Waals surface area (Å²) in [4.78, 5) is 12.6. The quantitative estimate of drug-likeness (QED) is 0.614. The van der Waals surface area contributed by atoms with Crippen molar-refractivity contribution in [1.82, 2.24) is 0 Å². The first-order chi connectivity index (χ1) is 12.8. The molecule has 5 nitrogen and oxygen atoms in total. The van der Waals surface area contributed by atoms with E-state index in [-0.39, 0.29) is 33.8 Å². The second-order valence-corrected chi connectivity index (χ2v) is 6.81. The van der Waals surface area contributed by atoms with Gasteiger partial charge in [-0.3, -0.25) is 4.79 Å². The first-order valence-electron chi connectivity index (χ1n) is 8.30. The molecule has 2 N–H and O–H groups in total. The minimum Gasteiger partial charge on any atom is -0.507 e. The zero-order chi connectivity index (χ0) is 19.7. The maximum Gasteiger partial charge on any atom is 0.197 e. The fourth-order valence-electron chi connectivity index (χ4n) is 2.79. The van der Waals surface area contributed by atoms with E-state index in [0.717, 1.165) is 5.57 Å². The van der Waals surface area contributed by atoms with Gasteiger partial charge < -0.3 is 19.4 Å². The number of hydrogen-bond donors (Lipinski definition) is 2. The Hall–Kier alpha value is -2.92. The smallest absolute Gasteiger partial charge is 0.197 e. The molecule has 3 aromatic rings. The zero-order valence-electron chi connectivity index (χ0n) is 15.2. The lowest BCUT2D eigenvalue weighted by Gasteiger charge is -2.10. The van der Waals surface area contributed by atoms with Crippen LogP contribution in [0, 0.1) is 0 Å². The third-order valence-electron chi connectivity index (χ3n) is 4.22. The summed E-state index contributed by atoms with van der Waals surface area (Å²) in [6, 6.07) is 7.62. The van der Waals surface area contributed by atoms with E-state index >= 15 is 0 Å². The van der Waals surface area contributed by atoms with Gasteiger partial charge in [0.05, 0.1) is 12.1 Å². The number of benzene rings is 2. The number of hydrogen-bond acceptors (Lipinski definition) is 5.